The Morgan fingerprint density at radius 1 is 1.00 bits per heavy atom. The molecule has 3 aliphatic rings. The van der Waals surface area contributed by atoms with Gasteiger partial charge in [-0.1, -0.05) is 43.2 Å². The average molecular weight is 294 g/mol. The van der Waals surface area contributed by atoms with Crippen molar-refractivity contribution in [2.75, 3.05) is 0 Å². The van der Waals surface area contributed by atoms with E-state index in [1.165, 1.54) is 61.8 Å². The van der Waals surface area contributed by atoms with Crippen LogP contribution in [0.4, 0.5) is 0 Å². The lowest BCUT2D eigenvalue weighted by Gasteiger charge is -2.37. The highest BCUT2D eigenvalue weighted by Crippen LogP contribution is 2.43. The van der Waals surface area contributed by atoms with Gasteiger partial charge < -0.3 is 5.73 Å². The van der Waals surface area contributed by atoms with E-state index in [1.54, 1.807) is 5.57 Å². The first-order valence-electron chi connectivity index (χ1n) is 8.92. The summed E-state index contributed by atoms with van der Waals surface area (Å²) >= 11 is 0. The number of nitrogens with two attached hydrogens (primary N) is 1. The molecule has 0 radical (unpaired) electrons. The van der Waals surface area contributed by atoms with Crippen LogP contribution in [0.3, 0.4) is 0 Å². The number of allylic oxidation sites excluding steroid dienone is 1. The molecule has 2 N–H and O–H groups in total. The van der Waals surface area contributed by atoms with Gasteiger partial charge in [0, 0.05) is 24.1 Å². The number of nitrogens with zero attached hydrogens (tertiary/aromatic N) is 1. The third-order valence-electron chi connectivity index (χ3n) is 5.72. The van der Waals surface area contributed by atoms with Gasteiger partial charge in [-0.15, -0.1) is 0 Å². The third kappa shape index (κ3) is 2.54. The van der Waals surface area contributed by atoms with E-state index in [0.717, 1.165) is 0 Å². The summed E-state index contributed by atoms with van der Waals surface area (Å²) in [6, 6.07) is 9.43. The zero-order valence-corrected chi connectivity index (χ0v) is 13.3. The highest BCUT2D eigenvalue weighted by atomic mass is 14.8. The van der Waals surface area contributed by atoms with Gasteiger partial charge in [0.2, 0.25) is 0 Å². The fourth-order valence-electron chi connectivity index (χ4n) is 4.49. The minimum atomic E-state index is 0.470. The molecule has 1 aromatic carbocycles. The molecule has 0 aromatic heterocycles. The summed E-state index contributed by atoms with van der Waals surface area (Å²) in [6.07, 6.45) is 11.7. The Balaban J connectivity index is 1.64. The minimum Gasteiger partial charge on any atom is -0.326 e. The molecule has 2 aliphatic carbocycles. The Labute approximate surface area is 133 Å². The van der Waals surface area contributed by atoms with E-state index in [-0.39, 0.29) is 0 Å². The van der Waals surface area contributed by atoms with Crippen LogP contribution in [0.5, 0.6) is 0 Å². The van der Waals surface area contributed by atoms with E-state index in [1.807, 2.05) is 0 Å². The number of hydrogen-bond acceptors (Lipinski definition) is 2. The lowest BCUT2D eigenvalue weighted by molar-refractivity contribution is 0.465. The second kappa shape index (κ2) is 6.00. The molecule has 0 bridgehead atoms. The van der Waals surface area contributed by atoms with Gasteiger partial charge >= 0.3 is 0 Å². The second-order valence-electron chi connectivity index (χ2n) is 7.08. The molecule has 22 heavy (non-hydrogen) atoms. The van der Waals surface area contributed by atoms with Crippen LogP contribution in [0.25, 0.3) is 0 Å². The number of rotatable bonds is 2. The molecule has 0 saturated heterocycles. The molecule has 1 aromatic rings. The summed E-state index contributed by atoms with van der Waals surface area (Å²) < 4.78 is 0. The van der Waals surface area contributed by atoms with Crippen molar-refractivity contribution in [2.24, 2.45) is 16.6 Å². The lowest BCUT2D eigenvalue weighted by atomic mass is 9.72. The standard InChI is InChI=1S/C20H26N2/c21-13-14-8-10-15(11-9-14)17-5-3-7-20-18(17)12-16-4-1-2-6-19(16)22-20/h8-12,16-17,20H,1-7,13,21H2. The average Bonchev–Trinajstić information content (AvgIpc) is 2.59. The molecular formula is C20H26N2. The smallest absolute Gasteiger partial charge is 0.0714 e. The van der Waals surface area contributed by atoms with Crippen LogP contribution in [0, 0.1) is 5.92 Å². The van der Waals surface area contributed by atoms with Crippen molar-refractivity contribution < 1.29 is 0 Å². The Kier molecular flexibility index (Phi) is 3.87. The molecule has 3 unspecified atom stereocenters. The summed E-state index contributed by atoms with van der Waals surface area (Å²) in [5.74, 6) is 1.22. The van der Waals surface area contributed by atoms with Crippen LogP contribution in [0.2, 0.25) is 0 Å². The Morgan fingerprint density at radius 2 is 1.86 bits per heavy atom. The van der Waals surface area contributed by atoms with E-state index in [0.29, 0.717) is 24.4 Å². The maximum absolute atomic E-state index is 5.73. The summed E-state index contributed by atoms with van der Waals surface area (Å²) in [6.45, 7) is 0.631. The normalized spacial score (nSPS) is 30.9. The Hall–Kier alpha value is -1.41. The largest absolute Gasteiger partial charge is 0.326 e. The van der Waals surface area contributed by atoms with Gasteiger partial charge in [0.25, 0.3) is 0 Å². The minimum absolute atomic E-state index is 0.470. The summed E-state index contributed by atoms with van der Waals surface area (Å²) in [7, 11) is 0. The highest BCUT2D eigenvalue weighted by Gasteiger charge is 2.34. The van der Waals surface area contributed by atoms with E-state index in [2.05, 4.69) is 30.3 Å². The number of fused-ring (bicyclic) bond motifs is 2. The fraction of sp³-hybridized carbons (Fsp3) is 0.550. The number of benzene rings is 1. The first-order chi connectivity index (χ1) is 10.8. The highest BCUT2D eigenvalue weighted by molar-refractivity contribution is 5.90. The number of hydrogen-bond donors (Lipinski definition) is 1. The van der Waals surface area contributed by atoms with Crippen molar-refractivity contribution in [1.29, 1.82) is 0 Å². The molecule has 2 saturated carbocycles. The lowest BCUT2D eigenvalue weighted by Crippen LogP contribution is -2.31. The summed E-state index contributed by atoms with van der Waals surface area (Å²) in [5, 5.41) is 0. The van der Waals surface area contributed by atoms with Gasteiger partial charge in [-0.2, -0.15) is 0 Å². The monoisotopic (exact) mass is 294 g/mol. The molecule has 116 valence electrons. The second-order valence-corrected chi connectivity index (χ2v) is 7.08. The SMILES string of the molecule is NCc1ccc(C2CCCC3N=C4CCCCC4C=C32)cc1. The van der Waals surface area contributed by atoms with Crippen LogP contribution in [-0.2, 0) is 6.54 Å². The maximum atomic E-state index is 5.73. The molecular weight excluding hydrogens is 268 g/mol. The Morgan fingerprint density at radius 3 is 2.68 bits per heavy atom. The molecule has 2 nitrogen and oxygen atoms in total. The number of dihydropyridines is 1. The first kappa shape index (κ1) is 14.2. The van der Waals surface area contributed by atoms with Crippen molar-refractivity contribution in [3.63, 3.8) is 0 Å². The zero-order valence-electron chi connectivity index (χ0n) is 13.3. The van der Waals surface area contributed by atoms with Crippen molar-refractivity contribution in [2.45, 2.75) is 63.5 Å². The molecule has 3 atom stereocenters. The predicted molar refractivity (Wildman–Crippen MR) is 92.2 cm³/mol. The van der Waals surface area contributed by atoms with Crippen molar-refractivity contribution in [3.8, 4) is 0 Å². The van der Waals surface area contributed by atoms with Crippen molar-refractivity contribution in [3.05, 3.63) is 47.0 Å². The maximum Gasteiger partial charge on any atom is 0.0714 e. The summed E-state index contributed by atoms with van der Waals surface area (Å²) in [5.41, 5.74) is 11.5. The van der Waals surface area contributed by atoms with Gasteiger partial charge in [0.05, 0.1) is 6.04 Å². The molecule has 0 spiro atoms. The van der Waals surface area contributed by atoms with Crippen LogP contribution in [0.15, 0.2) is 40.9 Å². The van der Waals surface area contributed by atoms with Crippen molar-refractivity contribution >= 4 is 5.71 Å². The van der Waals surface area contributed by atoms with E-state index < -0.39 is 0 Å². The molecule has 1 aliphatic heterocycles. The van der Waals surface area contributed by atoms with Crippen LogP contribution >= 0.6 is 0 Å². The van der Waals surface area contributed by atoms with Gasteiger partial charge in [-0.25, -0.2) is 0 Å². The number of aliphatic imine (C=N–C) groups is 1. The molecule has 1 heterocycles. The van der Waals surface area contributed by atoms with Crippen LogP contribution in [-0.4, -0.2) is 11.8 Å². The summed E-state index contributed by atoms with van der Waals surface area (Å²) in [4.78, 5) is 5.16. The molecule has 2 heteroatoms. The topological polar surface area (TPSA) is 38.4 Å². The van der Waals surface area contributed by atoms with Crippen LogP contribution < -0.4 is 5.73 Å². The van der Waals surface area contributed by atoms with Crippen molar-refractivity contribution in [1.82, 2.24) is 0 Å². The van der Waals surface area contributed by atoms with E-state index in [9.17, 15) is 0 Å². The van der Waals surface area contributed by atoms with E-state index in [4.69, 9.17) is 10.7 Å². The van der Waals surface area contributed by atoms with Gasteiger partial charge in [0.15, 0.2) is 0 Å². The first-order valence-corrected chi connectivity index (χ1v) is 8.92. The zero-order chi connectivity index (χ0) is 14.9. The van der Waals surface area contributed by atoms with Gasteiger partial charge in [0.1, 0.15) is 0 Å². The van der Waals surface area contributed by atoms with E-state index >= 15 is 0 Å². The molecule has 0 amide bonds. The van der Waals surface area contributed by atoms with Crippen LogP contribution in [0.1, 0.15) is 62.0 Å². The third-order valence-corrected chi connectivity index (χ3v) is 5.72. The Bertz CT molecular complexity index is 597. The van der Waals surface area contributed by atoms with Gasteiger partial charge in [-0.3, -0.25) is 4.99 Å². The molecule has 4 rings (SSSR count). The van der Waals surface area contributed by atoms with Gasteiger partial charge in [-0.05, 0) is 48.8 Å². The predicted octanol–water partition coefficient (Wildman–Crippen LogP) is 4.35. The fourth-order valence-corrected chi connectivity index (χ4v) is 4.49. The quantitative estimate of drug-likeness (QED) is 0.809. The molecule has 2 fully saturated rings.